The molecule has 2 heterocycles. The number of halogens is 1. The van der Waals surface area contributed by atoms with Gasteiger partial charge in [-0.25, -0.2) is 9.97 Å². The summed E-state index contributed by atoms with van der Waals surface area (Å²) in [7, 11) is 1.52. The van der Waals surface area contributed by atoms with Gasteiger partial charge >= 0.3 is 0 Å². The van der Waals surface area contributed by atoms with Crippen LogP contribution in [-0.4, -0.2) is 32.5 Å². The average molecular weight is 284 g/mol. The molecular formula is C11H14ClN5O2. The minimum Gasteiger partial charge on any atom is -0.479 e. The molecule has 0 bridgehead atoms. The van der Waals surface area contributed by atoms with E-state index in [0.29, 0.717) is 42.3 Å². The first kappa shape index (κ1) is 13.5. The van der Waals surface area contributed by atoms with Gasteiger partial charge in [-0.2, -0.15) is 4.98 Å². The second-order valence-corrected chi connectivity index (χ2v) is 4.21. The Labute approximate surface area is 114 Å². The highest BCUT2D eigenvalue weighted by atomic mass is 35.5. The molecular weight excluding hydrogens is 270 g/mol. The van der Waals surface area contributed by atoms with Crippen molar-refractivity contribution in [3.63, 3.8) is 0 Å². The van der Waals surface area contributed by atoms with Crippen LogP contribution in [0.2, 0.25) is 0 Å². The fraction of sp³-hybridized carbons (Fsp3) is 0.455. The van der Waals surface area contributed by atoms with E-state index in [1.165, 1.54) is 13.4 Å². The van der Waals surface area contributed by atoms with Crippen LogP contribution in [0, 0.1) is 0 Å². The number of amides is 1. The standard InChI is InChI=1S/C11H14ClN5O2/c1-19-11-9-10(14-6-15-11)17(8(5-12)16-9)4-2-3-7(13)18/h6H,2-5H2,1H3,(H2,13,18). The highest BCUT2D eigenvalue weighted by Crippen LogP contribution is 2.22. The van der Waals surface area contributed by atoms with Crippen LogP contribution in [0.25, 0.3) is 11.2 Å². The molecule has 0 aliphatic rings. The average Bonchev–Trinajstić information content (AvgIpc) is 2.76. The molecule has 102 valence electrons. The van der Waals surface area contributed by atoms with Crippen LogP contribution in [0.4, 0.5) is 0 Å². The third kappa shape index (κ3) is 2.76. The third-order valence-corrected chi connectivity index (χ3v) is 2.93. The van der Waals surface area contributed by atoms with E-state index >= 15 is 0 Å². The lowest BCUT2D eigenvalue weighted by molar-refractivity contribution is -0.118. The van der Waals surface area contributed by atoms with Gasteiger partial charge in [-0.15, -0.1) is 11.6 Å². The first-order valence-corrected chi connectivity index (χ1v) is 6.29. The fourth-order valence-electron chi connectivity index (χ4n) is 1.86. The first-order chi connectivity index (χ1) is 9.17. The van der Waals surface area contributed by atoms with Crippen molar-refractivity contribution < 1.29 is 9.53 Å². The SMILES string of the molecule is COc1ncnc2c1nc(CCl)n2CCCC(N)=O. The Morgan fingerprint density at radius 3 is 2.95 bits per heavy atom. The molecule has 7 nitrogen and oxygen atoms in total. The molecule has 8 heteroatoms. The van der Waals surface area contributed by atoms with Crippen molar-refractivity contribution in [1.82, 2.24) is 19.5 Å². The summed E-state index contributed by atoms with van der Waals surface area (Å²) in [5.74, 6) is 0.991. The second kappa shape index (κ2) is 5.83. The highest BCUT2D eigenvalue weighted by molar-refractivity contribution is 6.16. The molecule has 0 radical (unpaired) electrons. The zero-order valence-corrected chi connectivity index (χ0v) is 11.2. The molecule has 0 aromatic carbocycles. The van der Waals surface area contributed by atoms with Crippen molar-refractivity contribution in [1.29, 1.82) is 0 Å². The number of carbonyl (C=O) groups excluding carboxylic acids is 1. The molecule has 0 aliphatic carbocycles. The number of alkyl halides is 1. The van der Waals surface area contributed by atoms with Gasteiger partial charge in [-0.05, 0) is 6.42 Å². The van der Waals surface area contributed by atoms with Crippen LogP contribution in [0.3, 0.4) is 0 Å². The maximum Gasteiger partial charge on any atom is 0.245 e. The molecule has 0 saturated heterocycles. The van der Waals surface area contributed by atoms with E-state index in [1.54, 1.807) is 0 Å². The number of ether oxygens (including phenoxy) is 1. The summed E-state index contributed by atoms with van der Waals surface area (Å²) in [6, 6.07) is 0. The highest BCUT2D eigenvalue weighted by Gasteiger charge is 2.15. The Balaban J connectivity index is 2.37. The summed E-state index contributed by atoms with van der Waals surface area (Å²) in [5, 5.41) is 0. The lowest BCUT2D eigenvalue weighted by Crippen LogP contribution is -2.12. The van der Waals surface area contributed by atoms with Crippen LogP contribution < -0.4 is 10.5 Å². The number of rotatable bonds is 6. The van der Waals surface area contributed by atoms with Gasteiger partial charge in [0.25, 0.3) is 0 Å². The van der Waals surface area contributed by atoms with E-state index < -0.39 is 0 Å². The molecule has 0 unspecified atom stereocenters. The zero-order valence-electron chi connectivity index (χ0n) is 10.5. The topological polar surface area (TPSA) is 95.9 Å². The second-order valence-electron chi connectivity index (χ2n) is 3.94. The number of methoxy groups -OCH3 is 1. The van der Waals surface area contributed by atoms with E-state index in [0.717, 1.165) is 0 Å². The lowest BCUT2D eigenvalue weighted by atomic mass is 10.3. The number of aryl methyl sites for hydroxylation is 1. The Morgan fingerprint density at radius 2 is 2.32 bits per heavy atom. The number of primary amides is 1. The van der Waals surface area contributed by atoms with Crippen molar-refractivity contribution in [2.75, 3.05) is 7.11 Å². The molecule has 2 aromatic heterocycles. The fourth-order valence-corrected chi connectivity index (χ4v) is 2.06. The van der Waals surface area contributed by atoms with Gasteiger partial charge < -0.3 is 15.0 Å². The summed E-state index contributed by atoms with van der Waals surface area (Å²) < 4.78 is 7.00. The Bertz CT molecular complexity index is 598. The predicted octanol–water partition coefficient (Wildman–Crippen LogP) is 0.839. The molecule has 2 rings (SSSR count). The Hall–Kier alpha value is -1.89. The van der Waals surface area contributed by atoms with E-state index in [9.17, 15) is 4.79 Å². The van der Waals surface area contributed by atoms with E-state index in [1.807, 2.05) is 4.57 Å². The van der Waals surface area contributed by atoms with Gasteiger partial charge in [0.2, 0.25) is 11.8 Å². The monoisotopic (exact) mass is 283 g/mol. The summed E-state index contributed by atoms with van der Waals surface area (Å²) in [4.78, 5) is 23.3. The maximum atomic E-state index is 10.8. The largest absolute Gasteiger partial charge is 0.479 e. The molecule has 2 N–H and O–H groups in total. The van der Waals surface area contributed by atoms with Crippen molar-refractivity contribution >= 4 is 28.7 Å². The number of fused-ring (bicyclic) bond motifs is 1. The summed E-state index contributed by atoms with van der Waals surface area (Å²) >= 11 is 5.88. The first-order valence-electron chi connectivity index (χ1n) is 5.75. The van der Waals surface area contributed by atoms with Crippen LogP contribution in [-0.2, 0) is 17.2 Å². The van der Waals surface area contributed by atoms with E-state index in [-0.39, 0.29) is 11.8 Å². The van der Waals surface area contributed by atoms with Crippen LogP contribution in [0.5, 0.6) is 5.88 Å². The normalized spacial score (nSPS) is 10.8. The smallest absolute Gasteiger partial charge is 0.245 e. The Morgan fingerprint density at radius 1 is 1.53 bits per heavy atom. The zero-order chi connectivity index (χ0) is 13.8. The number of hydrogen-bond acceptors (Lipinski definition) is 5. The predicted molar refractivity (Wildman–Crippen MR) is 69.9 cm³/mol. The summed E-state index contributed by atoms with van der Waals surface area (Å²) in [6.07, 6.45) is 2.33. The third-order valence-electron chi connectivity index (χ3n) is 2.70. The van der Waals surface area contributed by atoms with E-state index in [4.69, 9.17) is 22.1 Å². The van der Waals surface area contributed by atoms with Gasteiger partial charge in [0, 0.05) is 13.0 Å². The molecule has 0 saturated carbocycles. The quantitative estimate of drug-likeness (QED) is 0.793. The van der Waals surface area contributed by atoms with Crippen LogP contribution in [0.1, 0.15) is 18.7 Å². The maximum absolute atomic E-state index is 10.8. The molecule has 0 aliphatic heterocycles. The van der Waals surface area contributed by atoms with Gasteiger partial charge in [-0.3, -0.25) is 4.79 Å². The Kier molecular flexibility index (Phi) is 4.16. The van der Waals surface area contributed by atoms with Crippen molar-refractivity contribution in [2.24, 2.45) is 5.73 Å². The minimum absolute atomic E-state index is 0.246. The number of nitrogens with zero attached hydrogens (tertiary/aromatic N) is 4. The minimum atomic E-state index is -0.330. The molecule has 19 heavy (non-hydrogen) atoms. The van der Waals surface area contributed by atoms with Crippen LogP contribution in [0.15, 0.2) is 6.33 Å². The molecule has 1 amide bonds. The molecule has 2 aromatic rings. The molecule has 0 atom stereocenters. The van der Waals surface area contributed by atoms with Crippen molar-refractivity contribution in [2.45, 2.75) is 25.3 Å². The number of nitrogens with two attached hydrogens (primary N) is 1. The van der Waals surface area contributed by atoms with Gasteiger partial charge in [0.05, 0.1) is 13.0 Å². The van der Waals surface area contributed by atoms with Crippen molar-refractivity contribution in [3.8, 4) is 5.88 Å². The molecule has 0 fully saturated rings. The number of aromatic nitrogens is 4. The van der Waals surface area contributed by atoms with Gasteiger partial charge in [0.15, 0.2) is 11.2 Å². The van der Waals surface area contributed by atoms with Crippen molar-refractivity contribution in [3.05, 3.63) is 12.2 Å². The molecule has 0 spiro atoms. The number of imidazole rings is 1. The lowest BCUT2D eigenvalue weighted by Gasteiger charge is -2.05. The summed E-state index contributed by atoms with van der Waals surface area (Å²) in [6.45, 7) is 0.571. The number of hydrogen-bond donors (Lipinski definition) is 1. The summed E-state index contributed by atoms with van der Waals surface area (Å²) in [5.41, 5.74) is 6.34. The van der Waals surface area contributed by atoms with Gasteiger partial charge in [0.1, 0.15) is 12.2 Å². The number of carbonyl (C=O) groups is 1. The van der Waals surface area contributed by atoms with Gasteiger partial charge in [-0.1, -0.05) is 0 Å². The van der Waals surface area contributed by atoms with Crippen LogP contribution >= 0.6 is 11.6 Å². The van der Waals surface area contributed by atoms with E-state index in [2.05, 4.69) is 15.0 Å².